The van der Waals surface area contributed by atoms with Crippen LogP contribution in [0.5, 0.6) is 0 Å². The number of likely N-dealkylation sites (N-methyl/N-ethyl adjacent to an activating group) is 1. The molecule has 0 saturated carbocycles. The van der Waals surface area contributed by atoms with E-state index in [1.54, 1.807) is 0 Å². The molecule has 1 fully saturated rings. The van der Waals surface area contributed by atoms with Crippen molar-refractivity contribution in [3.8, 4) is 0 Å². The zero-order valence-electron chi connectivity index (χ0n) is 11.0. The van der Waals surface area contributed by atoms with Crippen LogP contribution >= 0.6 is 12.2 Å². The Morgan fingerprint density at radius 3 is 2.18 bits per heavy atom. The Morgan fingerprint density at radius 2 is 1.82 bits per heavy atom. The first-order chi connectivity index (χ1) is 7.97. The van der Waals surface area contributed by atoms with Crippen molar-refractivity contribution in [1.82, 2.24) is 9.80 Å². The molecule has 2 N–H and O–H groups in total. The van der Waals surface area contributed by atoms with E-state index in [1.165, 1.54) is 0 Å². The zero-order valence-corrected chi connectivity index (χ0v) is 11.8. The minimum absolute atomic E-state index is 0.100. The molecule has 1 aliphatic heterocycles. The maximum absolute atomic E-state index is 12.3. The van der Waals surface area contributed by atoms with Crippen molar-refractivity contribution in [3.05, 3.63) is 0 Å². The van der Waals surface area contributed by atoms with Gasteiger partial charge in [0.15, 0.2) is 0 Å². The van der Waals surface area contributed by atoms with E-state index in [2.05, 4.69) is 11.8 Å². The first kappa shape index (κ1) is 14.4. The summed E-state index contributed by atoms with van der Waals surface area (Å²) in [6.45, 7) is 10.6. The fraction of sp³-hybridized carbons (Fsp3) is 0.833. The molecule has 1 rings (SSSR count). The van der Waals surface area contributed by atoms with Crippen LogP contribution in [-0.2, 0) is 4.79 Å². The second kappa shape index (κ2) is 6.31. The molecule has 0 aliphatic carbocycles. The van der Waals surface area contributed by atoms with Crippen LogP contribution in [0.25, 0.3) is 0 Å². The van der Waals surface area contributed by atoms with Gasteiger partial charge in [0.05, 0.1) is 10.9 Å². The second-order valence-electron chi connectivity index (χ2n) is 4.88. The highest BCUT2D eigenvalue weighted by Crippen LogP contribution is 2.16. The van der Waals surface area contributed by atoms with Crippen molar-refractivity contribution in [2.24, 2.45) is 17.6 Å². The molecule has 1 atom stereocenters. The Bertz CT molecular complexity index is 285. The normalized spacial score (nSPS) is 19.4. The first-order valence-corrected chi connectivity index (χ1v) is 6.68. The molecule has 0 aromatic rings. The number of nitrogens with two attached hydrogens (primary N) is 1. The van der Waals surface area contributed by atoms with Gasteiger partial charge in [-0.2, -0.15) is 0 Å². The molecule has 0 aromatic heterocycles. The minimum Gasteiger partial charge on any atom is -0.393 e. The molecule has 17 heavy (non-hydrogen) atoms. The van der Waals surface area contributed by atoms with E-state index in [0.29, 0.717) is 4.99 Å². The molecular weight excluding hydrogens is 234 g/mol. The van der Waals surface area contributed by atoms with Crippen LogP contribution < -0.4 is 5.73 Å². The molecule has 1 amide bonds. The third-order valence-electron chi connectivity index (χ3n) is 3.37. The summed E-state index contributed by atoms with van der Waals surface area (Å²) in [7, 11) is 0. The minimum atomic E-state index is -0.307. The topological polar surface area (TPSA) is 49.6 Å². The predicted molar refractivity (Wildman–Crippen MR) is 73.8 cm³/mol. The van der Waals surface area contributed by atoms with Gasteiger partial charge in [0.1, 0.15) is 0 Å². The van der Waals surface area contributed by atoms with E-state index in [9.17, 15) is 4.79 Å². The van der Waals surface area contributed by atoms with E-state index in [1.807, 2.05) is 18.7 Å². The number of nitrogens with zero attached hydrogens (tertiary/aromatic N) is 2. The molecule has 1 heterocycles. The molecule has 0 aromatic carbocycles. The smallest absolute Gasteiger partial charge is 0.232 e. The van der Waals surface area contributed by atoms with Crippen molar-refractivity contribution in [1.29, 1.82) is 0 Å². The maximum atomic E-state index is 12.3. The van der Waals surface area contributed by atoms with Crippen molar-refractivity contribution in [2.45, 2.75) is 20.8 Å². The second-order valence-corrected chi connectivity index (χ2v) is 5.36. The highest BCUT2D eigenvalue weighted by atomic mass is 32.1. The molecule has 0 radical (unpaired) electrons. The van der Waals surface area contributed by atoms with Crippen LogP contribution in [-0.4, -0.2) is 53.4 Å². The van der Waals surface area contributed by atoms with E-state index in [4.69, 9.17) is 18.0 Å². The lowest BCUT2D eigenvalue weighted by molar-refractivity contribution is -0.136. The van der Waals surface area contributed by atoms with Crippen molar-refractivity contribution < 1.29 is 4.79 Å². The van der Waals surface area contributed by atoms with Crippen LogP contribution in [0.2, 0.25) is 0 Å². The standard InChI is InChI=1S/C12H23N3OS/c1-4-14-5-7-15(8-6-14)12(16)10(9(2)3)11(13)17/h9-10H,4-8H2,1-3H3,(H2,13,17). The van der Waals surface area contributed by atoms with E-state index in [0.717, 1.165) is 32.7 Å². The summed E-state index contributed by atoms with van der Waals surface area (Å²) in [4.78, 5) is 16.9. The van der Waals surface area contributed by atoms with E-state index in [-0.39, 0.29) is 17.7 Å². The number of rotatable bonds is 4. The van der Waals surface area contributed by atoms with Crippen LogP contribution in [0.15, 0.2) is 0 Å². The Labute approximate surface area is 109 Å². The molecule has 5 heteroatoms. The summed E-state index contributed by atoms with van der Waals surface area (Å²) in [5.74, 6) is -0.0364. The number of carbonyl (C=O) groups is 1. The molecule has 4 nitrogen and oxygen atoms in total. The molecule has 1 unspecified atom stereocenters. The Morgan fingerprint density at radius 1 is 1.29 bits per heavy atom. The summed E-state index contributed by atoms with van der Waals surface area (Å²) in [6, 6.07) is 0. The average Bonchev–Trinajstić information content (AvgIpc) is 2.28. The largest absolute Gasteiger partial charge is 0.393 e. The molecular formula is C12H23N3OS. The SMILES string of the molecule is CCN1CCN(C(=O)C(C(N)=S)C(C)C)CC1. The van der Waals surface area contributed by atoms with Gasteiger partial charge < -0.3 is 15.5 Å². The van der Waals surface area contributed by atoms with Crippen LogP contribution in [0.3, 0.4) is 0 Å². The number of thiocarbonyl (C=S) groups is 1. The molecule has 1 aliphatic rings. The highest BCUT2D eigenvalue weighted by Gasteiger charge is 2.30. The predicted octanol–water partition coefficient (Wildman–Crippen LogP) is 0.709. The van der Waals surface area contributed by atoms with Gasteiger partial charge >= 0.3 is 0 Å². The lowest BCUT2D eigenvalue weighted by Crippen LogP contribution is -2.52. The summed E-state index contributed by atoms with van der Waals surface area (Å²) in [6.07, 6.45) is 0. The van der Waals surface area contributed by atoms with E-state index >= 15 is 0 Å². The van der Waals surface area contributed by atoms with Crippen LogP contribution in [0.4, 0.5) is 0 Å². The Kier molecular flexibility index (Phi) is 5.33. The lowest BCUT2D eigenvalue weighted by atomic mass is 9.94. The number of piperazine rings is 1. The fourth-order valence-corrected chi connectivity index (χ4v) is 2.59. The summed E-state index contributed by atoms with van der Waals surface area (Å²) < 4.78 is 0. The van der Waals surface area contributed by atoms with Crippen molar-refractivity contribution >= 4 is 23.1 Å². The summed E-state index contributed by atoms with van der Waals surface area (Å²) >= 11 is 5.00. The number of amides is 1. The first-order valence-electron chi connectivity index (χ1n) is 6.27. The highest BCUT2D eigenvalue weighted by molar-refractivity contribution is 7.80. The van der Waals surface area contributed by atoms with Crippen LogP contribution in [0, 0.1) is 11.8 Å². The monoisotopic (exact) mass is 257 g/mol. The fourth-order valence-electron chi connectivity index (χ4n) is 2.22. The van der Waals surface area contributed by atoms with Crippen molar-refractivity contribution in [2.75, 3.05) is 32.7 Å². The third kappa shape index (κ3) is 3.64. The molecule has 98 valence electrons. The number of hydrogen-bond donors (Lipinski definition) is 1. The number of carbonyl (C=O) groups excluding carboxylic acids is 1. The van der Waals surface area contributed by atoms with E-state index < -0.39 is 0 Å². The van der Waals surface area contributed by atoms with Gasteiger partial charge in [0.2, 0.25) is 5.91 Å². The summed E-state index contributed by atoms with van der Waals surface area (Å²) in [5, 5.41) is 0. The third-order valence-corrected chi connectivity index (χ3v) is 3.62. The maximum Gasteiger partial charge on any atom is 0.232 e. The quantitative estimate of drug-likeness (QED) is 0.754. The van der Waals surface area contributed by atoms with Crippen molar-refractivity contribution in [3.63, 3.8) is 0 Å². The Hall–Kier alpha value is -0.680. The van der Waals surface area contributed by atoms with Gasteiger partial charge in [-0.05, 0) is 12.5 Å². The summed E-state index contributed by atoms with van der Waals surface area (Å²) in [5.41, 5.74) is 5.67. The Balaban J connectivity index is 2.61. The molecule has 0 bridgehead atoms. The zero-order chi connectivity index (χ0) is 13.0. The number of hydrogen-bond acceptors (Lipinski definition) is 3. The van der Waals surface area contributed by atoms with Gasteiger partial charge in [-0.25, -0.2) is 0 Å². The average molecular weight is 257 g/mol. The van der Waals surface area contributed by atoms with Gasteiger partial charge in [0, 0.05) is 26.2 Å². The van der Waals surface area contributed by atoms with Gasteiger partial charge in [-0.1, -0.05) is 33.0 Å². The van der Waals surface area contributed by atoms with Crippen LogP contribution in [0.1, 0.15) is 20.8 Å². The van der Waals surface area contributed by atoms with Gasteiger partial charge in [-0.3, -0.25) is 4.79 Å². The molecule has 1 saturated heterocycles. The van der Waals surface area contributed by atoms with Gasteiger partial charge in [0.25, 0.3) is 0 Å². The van der Waals surface area contributed by atoms with Gasteiger partial charge in [-0.15, -0.1) is 0 Å². The lowest BCUT2D eigenvalue weighted by Gasteiger charge is -2.36. The molecule has 0 spiro atoms.